The van der Waals surface area contributed by atoms with Crippen molar-refractivity contribution < 1.29 is 9.18 Å². The van der Waals surface area contributed by atoms with Gasteiger partial charge in [-0.2, -0.15) is 0 Å². The predicted molar refractivity (Wildman–Crippen MR) is 84.3 cm³/mol. The number of carbonyl (C=O) groups excluding carboxylic acids is 1. The number of benzene rings is 2. The molecule has 1 heterocycles. The maximum atomic E-state index is 13.7. The highest BCUT2D eigenvalue weighted by Crippen LogP contribution is 2.21. The van der Waals surface area contributed by atoms with E-state index in [0.717, 1.165) is 6.42 Å². The first-order valence-corrected chi connectivity index (χ1v) is 7.61. The molecule has 0 atom stereocenters. The molecule has 1 amide bonds. The van der Waals surface area contributed by atoms with Gasteiger partial charge in [0.15, 0.2) is 0 Å². The first-order valence-electron chi connectivity index (χ1n) is 6.73. The number of amides is 1. The van der Waals surface area contributed by atoms with E-state index >= 15 is 0 Å². The lowest BCUT2D eigenvalue weighted by Crippen LogP contribution is -2.25. The number of carbonyl (C=O) groups is 1. The van der Waals surface area contributed by atoms with Gasteiger partial charge >= 0.3 is 0 Å². The quantitative estimate of drug-likeness (QED) is 0.775. The third-order valence-corrected chi connectivity index (χ3v) is 4.29. The third-order valence-electron chi connectivity index (χ3n) is 3.35. The van der Waals surface area contributed by atoms with E-state index in [1.807, 2.05) is 23.6 Å². The van der Waals surface area contributed by atoms with Gasteiger partial charge in [0.25, 0.3) is 5.91 Å². The fourth-order valence-electron chi connectivity index (χ4n) is 2.31. The lowest BCUT2D eigenvalue weighted by atomic mass is 10.0. The Morgan fingerprint density at radius 3 is 2.62 bits per heavy atom. The highest BCUT2D eigenvalue weighted by Gasteiger charge is 2.11. The molecule has 21 heavy (non-hydrogen) atoms. The van der Waals surface area contributed by atoms with Crippen LogP contribution in [0.5, 0.6) is 0 Å². The van der Waals surface area contributed by atoms with Gasteiger partial charge < -0.3 is 5.32 Å². The minimum absolute atomic E-state index is 0.164. The van der Waals surface area contributed by atoms with E-state index in [-0.39, 0.29) is 11.7 Å². The van der Waals surface area contributed by atoms with Crippen molar-refractivity contribution in [1.82, 2.24) is 5.32 Å². The van der Waals surface area contributed by atoms with E-state index in [0.29, 0.717) is 22.9 Å². The van der Waals surface area contributed by atoms with Gasteiger partial charge in [-0.05, 0) is 35.4 Å². The van der Waals surface area contributed by atoms with Gasteiger partial charge in [0.1, 0.15) is 5.82 Å². The Hall–Kier alpha value is -2.20. The van der Waals surface area contributed by atoms with Gasteiger partial charge in [-0.25, -0.2) is 4.39 Å². The van der Waals surface area contributed by atoms with Crippen molar-refractivity contribution in [3.05, 3.63) is 70.2 Å². The largest absolute Gasteiger partial charge is 0.352 e. The fraction of sp³-hybridized carbons (Fsp3) is 0.118. The van der Waals surface area contributed by atoms with E-state index in [1.165, 1.54) is 17.0 Å². The lowest BCUT2D eigenvalue weighted by Gasteiger charge is -2.08. The van der Waals surface area contributed by atoms with Gasteiger partial charge in [0.05, 0.1) is 0 Å². The molecule has 3 rings (SSSR count). The van der Waals surface area contributed by atoms with Crippen molar-refractivity contribution in [1.29, 1.82) is 0 Å². The zero-order chi connectivity index (χ0) is 14.7. The lowest BCUT2D eigenvalue weighted by molar-refractivity contribution is 0.0956. The summed E-state index contributed by atoms with van der Waals surface area (Å²) in [4.78, 5) is 13.5. The molecular formula is C17H14FNOS. The predicted octanol–water partition coefficient (Wildman–Crippen LogP) is 4.01. The molecule has 0 saturated heterocycles. The maximum Gasteiger partial charge on any atom is 0.251 e. The second-order valence-corrected chi connectivity index (χ2v) is 5.76. The minimum Gasteiger partial charge on any atom is -0.352 e. The van der Waals surface area contributed by atoms with Crippen LogP contribution in [0.15, 0.2) is 53.9 Å². The minimum atomic E-state index is -0.305. The Morgan fingerprint density at radius 1 is 1.05 bits per heavy atom. The van der Waals surface area contributed by atoms with Crippen molar-refractivity contribution >= 4 is 28.0 Å². The summed E-state index contributed by atoms with van der Waals surface area (Å²) in [5, 5.41) is 6.03. The molecule has 3 aromatic rings. The van der Waals surface area contributed by atoms with Gasteiger partial charge in [0, 0.05) is 22.4 Å². The summed E-state index contributed by atoms with van der Waals surface area (Å²) < 4.78 is 13.7. The number of thiophene rings is 1. The molecule has 0 aliphatic rings. The molecular weight excluding hydrogens is 285 g/mol. The molecule has 0 spiro atoms. The summed E-state index contributed by atoms with van der Waals surface area (Å²) in [7, 11) is 0. The maximum absolute atomic E-state index is 13.7. The van der Waals surface area contributed by atoms with Gasteiger partial charge in [-0.3, -0.25) is 4.79 Å². The molecule has 4 heteroatoms. The Morgan fingerprint density at radius 2 is 1.86 bits per heavy atom. The number of hydrogen-bond donors (Lipinski definition) is 1. The van der Waals surface area contributed by atoms with Crippen LogP contribution in [-0.2, 0) is 6.42 Å². The van der Waals surface area contributed by atoms with Crippen molar-refractivity contribution in [3.63, 3.8) is 0 Å². The second kappa shape index (κ2) is 6.06. The Labute approximate surface area is 126 Å². The van der Waals surface area contributed by atoms with Crippen molar-refractivity contribution in [2.75, 3.05) is 6.54 Å². The van der Waals surface area contributed by atoms with Gasteiger partial charge in [-0.1, -0.05) is 30.3 Å². The molecule has 2 aromatic carbocycles. The molecule has 0 bridgehead atoms. The average molecular weight is 299 g/mol. The number of hydrogen-bond acceptors (Lipinski definition) is 2. The monoisotopic (exact) mass is 299 g/mol. The highest BCUT2D eigenvalue weighted by atomic mass is 32.1. The topological polar surface area (TPSA) is 29.1 Å². The van der Waals surface area contributed by atoms with E-state index in [4.69, 9.17) is 0 Å². The first kappa shape index (κ1) is 13.8. The summed E-state index contributed by atoms with van der Waals surface area (Å²) in [6.45, 7) is 0.574. The number of fused-ring (bicyclic) bond motifs is 1. The van der Waals surface area contributed by atoms with Gasteiger partial charge in [-0.15, -0.1) is 11.3 Å². The number of nitrogens with one attached hydrogen (secondary N) is 1. The van der Waals surface area contributed by atoms with Crippen LogP contribution in [0.1, 0.15) is 15.2 Å². The zero-order valence-corrected chi connectivity index (χ0v) is 12.1. The second-order valence-electron chi connectivity index (χ2n) is 4.73. The molecule has 0 saturated carbocycles. The molecule has 0 aliphatic heterocycles. The summed E-state index contributed by atoms with van der Waals surface area (Å²) >= 11 is 1.67. The fourth-order valence-corrected chi connectivity index (χ4v) is 3.02. The summed E-state index contributed by atoms with van der Waals surface area (Å²) in [5.41, 5.74) is 0.512. The Balaban J connectivity index is 1.77. The van der Waals surface area contributed by atoms with Crippen LogP contribution < -0.4 is 5.32 Å². The summed E-state index contributed by atoms with van der Waals surface area (Å²) in [6.07, 6.45) is 0.808. The molecule has 1 N–H and O–H groups in total. The molecule has 0 aliphatic carbocycles. The normalized spacial score (nSPS) is 10.7. The van der Waals surface area contributed by atoms with Crippen LogP contribution in [-0.4, -0.2) is 12.5 Å². The SMILES string of the molecule is O=C(NCCc1cccs1)c1ccc(F)c2ccccc12. The highest BCUT2D eigenvalue weighted by molar-refractivity contribution is 7.09. The van der Waals surface area contributed by atoms with Crippen LogP contribution in [0.2, 0.25) is 0 Å². The average Bonchev–Trinajstić information content (AvgIpc) is 3.01. The molecule has 0 fully saturated rings. The smallest absolute Gasteiger partial charge is 0.251 e. The molecule has 0 unspecified atom stereocenters. The summed E-state index contributed by atoms with van der Waals surface area (Å²) in [6, 6.07) is 14.0. The zero-order valence-electron chi connectivity index (χ0n) is 11.3. The van der Waals surface area contributed by atoms with E-state index in [9.17, 15) is 9.18 Å². The third kappa shape index (κ3) is 2.95. The molecule has 0 radical (unpaired) electrons. The Kier molecular flexibility index (Phi) is 3.97. The number of halogens is 1. The Bertz CT molecular complexity index is 768. The van der Waals surface area contributed by atoms with Crippen molar-refractivity contribution in [2.45, 2.75) is 6.42 Å². The van der Waals surface area contributed by atoms with E-state index < -0.39 is 0 Å². The first-order chi connectivity index (χ1) is 10.3. The molecule has 106 valence electrons. The molecule has 1 aromatic heterocycles. The van der Waals surface area contributed by atoms with E-state index in [1.54, 1.807) is 29.5 Å². The van der Waals surface area contributed by atoms with Gasteiger partial charge in [0.2, 0.25) is 0 Å². The number of rotatable bonds is 4. The summed E-state index contributed by atoms with van der Waals surface area (Å²) in [5.74, 6) is -0.469. The van der Waals surface area contributed by atoms with Crippen LogP contribution in [0, 0.1) is 5.82 Å². The van der Waals surface area contributed by atoms with Crippen molar-refractivity contribution in [2.24, 2.45) is 0 Å². The molecule has 2 nitrogen and oxygen atoms in total. The van der Waals surface area contributed by atoms with Crippen LogP contribution in [0.3, 0.4) is 0 Å². The standard InChI is InChI=1S/C17H14FNOS/c18-16-8-7-15(13-5-1-2-6-14(13)16)17(20)19-10-9-12-4-3-11-21-12/h1-8,11H,9-10H2,(H,19,20). The van der Waals surface area contributed by atoms with Crippen LogP contribution in [0.4, 0.5) is 4.39 Å². The van der Waals surface area contributed by atoms with Crippen LogP contribution >= 0.6 is 11.3 Å². The van der Waals surface area contributed by atoms with Crippen LogP contribution in [0.25, 0.3) is 10.8 Å². The van der Waals surface area contributed by atoms with Crippen molar-refractivity contribution in [3.8, 4) is 0 Å². The van der Waals surface area contributed by atoms with E-state index in [2.05, 4.69) is 5.32 Å².